The van der Waals surface area contributed by atoms with E-state index in [1.54, 1.807) is 0 Å². The van der Waals surface area contributed by atoms with Crippen LogP contribution in [0, 0.1) is 5.41 Å². The van der Waals surface area contributed by atoms with Crippen LogP contribution in [-0.4, -0.2) is 29.3 Å². The van der Waals surface area contributed by atoms with E-state index in [9.17, 15) is 9.50 Å². The molecular weight excluding hydrogens is 325 g/mol. The molecule has 1 aliphatic rings. The Hall–Kier alpha value is -1.87. The number of phenolic OH excluding ortho intramolecular Hbond substituents is 1. The molecule has 2 nitrogen and oxygen atoms in total. The van der Waals surface area contributed by atoms with Crippen molar-refractivity contribution in [3.8, 4) is 16.9 Å². The predicted octanol–water partition coefficient (Wildman–Crippen LogP) is 5.58. The van der Waals surface area contributed by atoms with E-state index in [4.69, 9.17) is 0 Å². The number of alkyl halides is 1. The Labute approximate surface area is 156 Å². The maximum absolute atomic E-state index is 14.5. The summed E-state index contributed by atoms with van der Waals surface area (Å²) in [5.41, 5.74) is 4.00. The molecule has 1 fully saturated rings. The van der Waals surface area contributed by atoms with Crippen LogP contribution in [0.3, 0.4) is 0 Å². The molecule has 3 rings (SSSR count). The molecule has 2 aromatic rings. The van der Waals surface area contributed by atoms with Gasteiger partial charge in [0, 0.05) is 24.1 Å². The molecule has 2 atom stereocenters. The average Bonchev–Trinajstić information content (AvgIpc) is 2.65. The van der Waals surface area contributed by atoms with Crippen molar-refractivity contribution < 1.29 is 9.50 Å². The highest BCUT2D eigenvalue weighted by molar-refractivity contribution is 5.70. The second-order valence-electron chi connectivity index (χ2n) is 7.86. The third-order valence-electron chi connectivity index (χ3n) is 6.12. The van der Waals surface area contributed by atoms with Crippen molar-refractivity contribution in [2.75, 3.05) is 13.1 Å². The molecule has 0 bridgehead atoms. The van der Waals surface area contributed by atoms with Crippen LogP contribution >= 0.6 is 0 Å². The molecule has 1 N–H and O–H groups in total. The molecule has 140 valence electrons. The summed E-state index contributed by atoms with van der Waals surface area (Å²) in [6, 6.07) is 14.1. The van der Waals surface area contributed by atoms with Gasteiger partial charge in [0.15, 0.2) is 0 Å². The minimum Gasteiger partial charge on any atom is -0.507 e. The fourth-order valence-corrected chi connectivity index (χ4v) is 3.75. The summed E-state index contributed by atoms with van der Waals surface area (Å²) in [5, 5.41) is 10.5. The maximum atomic E-state index is 14.5. The summed E-state index contributed by atoms with van der Waals surface area (Å²) in [6.45, 7) is 8.33. The quantitative estimate of drug-likeness (QED) is 0.756. The van der Waals surface area contributed by atoms with Crippen molar-refractivity contribution in [2.45, 2.75) is 52.8 Å². The normalized spacial score (nSPS) is 23.9. The fraction of sp³-hybridized carbons (Fsp3) is 0.478. The predicted molar refractivity (Wildman–Crippen MR) is 106 cm³/mol. The summed E-state index contributed by atoms with van der Waals surface area (Å²) < 4.78 is 14.5. The van der Waals surface area contributed by atoms with Gasteiger partial charge < -0.3 is 5.11 Å². The summed E-state index contributed by atoms with van der Waals surface area (Å²) in [6.07, 6.45) is 1.99. The number of piperidine rings is 1. The van der Waals surface area contributed by atoms with Gasteiger partial charge in [-0.05, 0) is 48.6 Å². The van der Waals surface area contributed by atoms with Crippen LogP contribution in [0.25, 0.3) is 11.1 Å². The lowest BCUT2D eigenvalue weighted by Crippen LogP contribution is -2.46. The number of phenols is 1. The Morgan fingerprint density at radius 1 is 1.12 bits per heavy atom. The minimum absolute atomic E-state index is 0.187. The lowest BCUT2D eigenvalue weighted by Gasteiger charge is -2.41. The lowest BCUT2D eigenvalue weighted by molar-refractivity contribution is 0.0131. The van der Waals surface area contributed by atoms with E-state index in [1.165, 1.54) is 5.56 Å². The Morgan fingerprint density at radius 2 is 1.81 bits per heavy atom. The number of rotatable bonds is 5. The van der Waals surface area contributed by atoms with E-state index in [2.05, 4.69) is 49.9 Å². The topological polar surface area (TPSA) is 23.5 Å². The second kappa shape index (κ2) is 7.79. The highest BCUT2D eigenvalue weighted by Crippen LogP contribution is 2.37. The molecule has 0 radical (unpaired) electrons. The molecule has 1 saturated heterocycles. The lowest BCUT2D eigenvalue weighted by atomic mass is 9.76. The zero-order valence-electron chi connectivity index (χ0n) is 16.1. The largest absolute Gasteiger partial charge is 0.507 e. The molecule has 1 aliphatic heterocycles. The summed E-state index contributed by atoms with van der Waals surface area (Å²) in [4.78, 5) is 2.16. The average molecular weight is 355 g/mol. The fourth-order valence-electron chi connectivity index (χ4n) is 3.75. The molecule has 26 heavy (non-hydrogen) atoms. The first-order valence-electron chi connectivity index (χ1n) is 9.73. The van der Waals surface area contributed by atoms with E-state index >= 15 is 0 Å². The molecule has 2 aromatic carbocycles. The van der Waals surface area contributed by atoms with Crippen LogP contribution < -0.4 is 0 Å². The number of hydrogen-bond donors (Lipinski definition) is 1. The highest BCUT2D eigenvalue weighted by atomic mass is 19.1. The zero-order valence-corrected chi connectivity index (χ0v) is 16.1. The molecule has 1 heterocycles. The molecule has 0 saturated carbocycles. The third kappa shape index (κ3) is 3.93. The van der Waals surface area contributed by atoms with Gasteiger partial charge in [0.05, 0.1) is 0 Å². The molecule has 0 spiro atoms. The van der Waals surface area contributed by atoms with Gasteiger partial charge in [0.2, 0.25) is 0 Å². The second-order valence-corrected chi connectivity index (χ2v) is 7.86. The summed E-state index contributed by atoms with van der Waals surface area (Å²) in [5.74, 6) is 0.291. The summed E-state index contributed by atoms with van der Waals surface area (Å²) >= 11 is 0. The first kappa shape index (κ1) is 18.9. The Morgan fingerprint density at radius 3 is 2.38 bits per heavy atom. The Kier molecular flexibility index (Phi) is 5.67. The van der Waals surface area contributed by atoms with Crippen molar-refractivity contribution in [3.63, 3.8) is 0 Å². The van der Waals surface area contributed by atoms with Gasteiger partial charge in [-0.2, -0.15) is 0 Å². The van der Waals surface area contributed by atoms with Crippen LogP contribution in [0.4, 0.5) is 4.39 Å². The Bertz CT molecular complexity index is 742. The van der Waals surface area contributed by atoms with Crippen LogP contribution in [0.5, 0.6) is 5.75 Å². The van der Waals surface area contributed by atoms with Crippen molar-refractivity contribution in [2.24, 2.45) is 5.41 Å². The molecular formula is C23H30FNO. The monoisotopic (exact) mass is 355 g/mol. The number of aromatic hydroxyl groups is 1. The number of hydrogen-bond acceptors (Lipinski definition) is 2. The highest BCUT2D eigenvalue weighted by Gasteiger charge is 2.38. The van der Waals surface area contributed by atoms with E-state index in [1.807, 2.05) is 18.2 Å². The molecule has 0 amide bonds. The smallest absolute Gasteiger partial charge is 0.123 e. The van der Waals surface area contributed by atoms with Gasteiger partial charge in [0.25, 0.3) is 0 Å². The number of halogens is 1. The SMILES string of the molecule is CCc1ccc(-c2ccc(CN3CCC(C)(CC)C(F)C3)cc2O)cc1. The van der Waals surface area contributed by atoms with Crippen LogP contribution in [0.2, 0.25) is 0 Å². The van der Waals surface area contributed by atoms with Crippen molar-refractivity contribution >= 4 is 0 Å². The van der Waals surface area contributed by atoms with Crippen molar-refractivity contribution in [1.29, 1.82) is 0 Å². The first-order chi connectivity index (χ1) is 12.4. The van der Waals surface area contributed by atoms with Gasteiger partial charge in [-0.15, -0.1) is 0 Å². The van der Waals surface area contributed by atoms with E-state index in [0.29, 0.717) is 18.8 Å². The van der Waals surface area contributed by atoms with Crippen molar-refractivity contribution in [1.82, 2.24) is 4.90 Å². The van der Waals surface area contributed by atoms with E-state index < -0.39 is 6.17 Å². The summed E-state index contributed by atoms with van der Waals surface area (Å²) in [7, 11) is 0. The molecule has 3 heteroatoms. The van der Waals surface area contributed by atoms with Gasteiger partial charge in [-0.25, -0.2) is 4.39 Å². The Balaban J connectivity index is 1.70. The van der Waals surface area contributed by atoms with E-state index in [-0.39, 0.29) is 5.41 Å². The number of benzene rings is 2. The minimum atomic E-state index is -0.786. The van der Waals surface area contributed by atoms with Crippen LogP contribution in [0.1, 0.15) is 44.7 Å². The first-order valence-corrected chi connectivity index (χ1v) is 9.73. The van der Waals surface area contributed by atoms with E-state index in [0.717, 1.165) is 42.5 Å². The molecule has 0 aromatic heterocycles. The standard InChI is InChI=1S/C23H30FNO/c1-4-17-6-9-19(10-7-17)20-11-8-18(14-21(20)26)15-25-13-12-23(3,5-2)22(24)16-25/h6-11,14,22,26H,4-5,12-13,15-16H2,1-3H3. The van der Waals surface area contributed by atoms with Gasteiger partial charge in [0.1, 0.15) is 11.9 Å². The molecule has 0 aliphatic carbocycles. The van der Waals surface area contributed by atoms with Crippen LogP contribution in [-0.2, 0) is 13.0 Å². The van der Waals surface area contributed by atoms with Gasteiger partial charge >= 0.3 is 0 Å². The zero-order chi connectivity index (χ0) is 18.7. The van der Waals surface area contributed by atoms with Gasteiger partial charge in [-0.3, -0.25) is 4.90 Å². The third-order valence-corrected chi connectivity index (χ3v) is 6.12. The maximum Gasteiger partial charge on any atom is 0.123 e. The molecule has 2 unspecified atom stereocenters. The van der Waals surface area contributed by atoms with Gasteiger partial charge in [-0.1, -0.05) is 57.2 Å². The number of aryl methyl sites for hydroxylation is 1. The number of likely N-dealkylation sites (tertiary alicyclic amines) is 1. The van der Waals surface area contributed by atoms with Crippen molar-refractivity contribution in [3.05, 3.63) is 53.6 Å². The number of nitrogens with zero attached hydrogens (tertiary/aromatic N) is 1. The van der Waals surface area contributed by atoms with Crippen LogP contribution in [0.15, 0.2) is 42.5 Å².